The quantitative estimate of drug-likeness (QED) is 0.284. The number of carboxylic acid groups (broad SMARTS) is 1. The van der Waals surface area contributed by atoms with E-state index in [-0.39, 0.29) is 24.9 Å². The second-order valence-corrected chi connectivity index (χ2v) is 9.19. The second kappa shape index (κ2) is 15.7. The molecule has 11 heteroatoms. The molecule has 0 unspecified atom stereocenters. The molecular weight excluding hydrogens is 476 g/mol. The highest BCUT2D eigenvalue weighted by Gasteiger charge is 2.32. The standard InChI is InChI=1S/C25H37F2N3O6/c1-5-16(4)22(30-25(35)36-14-17-9-7-6-8-10-17)24(34)29-19(11-15(2)3)23(33)28-18(12-20(26)27)13-21(31)32/h6-10,15-16,18-20,22H,5,11-14H2,1-4H3,(H,28,33)(H,29,34)(H,30,35)(H,31,32)/t16-,18-,19-,22-/m0/s1. The Bertz CT molecular complexity index is 853. The molecule has 4 atom stereocenters. The molecule has 0 radical (unpaired) electrons. The van der Waals surface area contributed by atoms with Gasteiger partial charge in [0.2, 0.25) is 18.2 Å². The van der Waals surface area contributed by atoms with E-state index >= 15 is 0 Å². The maximum Gasteiger partial charge on any atom is 0.408 e. The van der Waals surface area contributed by atoms with Crippen LogP contribution in [-0.2, 0) is 25.7 Å². The lowest BCUT2D eigenvalue weighted by atomic mass is 9.96. The molecule has 0 aliphatic rings. The first-order valence-corrected chi connectivity index (χ1v) is 12.0. The van der Waals surface area contributed by atoms with Crippen LogP contribution in [0.3, 0.4) is 0 Å². The fourth-order valence-corrected chi connectivity index (χ4v) is 3.48. The number of benzene rings is 1. The van der Waals surface area contributed by atoms with Crippen LogP contribution in [0.5, 0.6) is 0 Å². The van der Waals surface area contributed by atoms with Gasteiger partial charge in [-0.15, -0.1) is 0 Å². The Morgan fingerprint density at radius 3 is 2.11 bits per heavy atom. The molecule has 1 aromatic rings. The lowest BCUT2D eigenvalue weighted by Crippen LogP contribution is -2.57. The van der Waals surface area contributed by atoms with Crippen molar-refractivity contribution < 1.29 is 37.8 Å². The minimum Gasteiger partial charge on any atom is -0.481 e. The van der Waals surface area contributed by atoms with Crippen LogP contribution >= 0.6 is 0 Å². The third-order valence-corrected chi connectivity index (χ3v) is 5.55. The van der Waals surface area contributed by atoms with Crippen LogP contribution in [0.2, 0.25) is 0 Å². The largest absolute Gasteiger partial charge is 0.481 e. The molecule has 0 aliphatic carbocycles. The lowest BCUT2D eigenvalue weighted by molar-refractivity contribution is -0.138. The molecule has 0 aromatic heterocycles. The summed E-state index contributed by atoms with van der Waals surface area (Å²) in [6.07, 6.45) is -4.41. The van der Waals surface area contributed by atoms with Gasteiger partial charge >= 0.3 is 12.1 Å². The minimum atomic E-state index is -2.81. The molecule has 4 N–H and O–H groups in total. The van der Waals surface area contributed by atoms with Crippen molar-refractivity contribution in [2.24, 2.45) is 11.8 Å². The lowest BCUT2D eigenvalue weighted by Gasteiger charge is -2.28. The molecular formula is C25H37F2N3O6. The number of carboxylic acids is 1. The summed E-state index contributed by atoms with van der Waals surface area (Å²) >= 11 is 0. The molecule has 0 fully saturated rings. The van der Waals surface area contributed by atoms with Gasteiger partial charge in [0.1, 0.15) is 18.7 Å². The number of alkyl carbamates (subject to hydrolysis) is 1. The topological polar surface area (TPSA) is 134 Å². The number of carbonyl (C=O) groups excluding carboxylic acids is 3. The minimum absolute atomic E-state index is 0.00893. The third-order valence-electron chi connectivity index (χ3n) is 5.55. The predicted molar refractivity (Wildman–Crippen MR) is 129 cm³/mol. The van der Waals surface area contributed by atoms with Gasteiger partial charge in [-0.2, -0.15) is 0 Å². The highest BCUT2D eigenvalue weighted by molar-refractivity contribution is 5.91. The van der Waals surface area contributed by atoms with E-state index in [0.717, 1.165) is 5.56 Å². The van der Waals surface area contributed by atoms with Gasteiger partial charge in [0.05, 0.1) is 6.42 Å². The molecule has 0 saturated carbocycles. The van der Waals surface area contributed by atoms with Gasteiger partial charge < -0.3 is 25.8 Å². The smallest absolute Gasteiger partial charge is 0.408 e. The van der Waals surface area contributed by atoms with Crippen molar-refractivity contribution in [2.75, 3.05) is 0 Å². The summed E-state index contributed by atoms with van der Waals surface area (Å²) in [5, 5.41) is 16.5. The van der Waals surface area contributed by atoms with Gasteiger partial charge in [0, 0.05) is 12.5 Å². The fraction of sp³-hybridized carbons (Fsp3) is 0.600. The van der Waals surface area contributed by atoms with Gasteiger partial charge in [-0.3, -0.25) is 14.4 Å². The van der Waals surface area contributed by atoms with Crippen molar-refractivity contribution >= 4 is 23.9 Å². The maximum atomic E-state index is 13.1. The molecule has 1 aromatic carbocycles. The summed E-state index contributed by atoms with van der Waals surface area (Å²) in [5.74, 6) is -3.10. The number of nitrogens with one attached hydrogen (secondary N) is 3. The van der Waals surface area contributed by atoms with Gasteiger partial charge in [-0.05, 0) is 23.8 Å². The summed E-state index contributed by atoms with van der Waals surface area (Å²) in [6, 6.07) is 5.57. The molecule has 0 aliphatic heterocycles. The summed E-state index contributed by atoms with van der Waals surface area (Å²) in [4.78, 5) is 49.4. The zero-order valence-corrected chi connectivity index (χ0v) is 21.1. The normalized spacial score (nSPS) is 14.4. The number of amides is 3. The molecule has 1 rings (SSSR count). The molecule has 0 bridgehead atoms. The zero-order valence-electron chi connectivity index (χ0n) is 21.1. The number of hydrogen-bond acceptors (Lipinski definition) is 5. The van der Waals surface area contributed by atoms with E-state index in [9.17, 15) is 28.0 Å². The molecule has 9 nitrogen and oxygen atoms in total. The van der Waals surface area contributed by atoms with Crippen molar-refractivity contribution in [3.05, 3.63) is 35.9 Å². The van der Waals surface area contributed by atoms with Crippen LogP contribution in [0.15, 0.2) is 30.3 Å². The van der Waals surface area contributed by atoms with Crippen LogP contribution < -0.4 is 16.0 Å². The van der Waals surface area contributed by atoms with Crippen LogP contribution in [0.1, 0.15) is 58.9 Å². The first-order chi connectivity index (χ1) is 16.9. The van der Waals surface area contributed by atoms with Crippen molar-refractivity contribution in [3.8, 4) is 0 Å². The Balaban J connectivity index is 2.92. The summed E-state index contributed by atoms with van der Waals surface area (Å²) in [5.41, 5.74) is 0.769. The predicted octanol–water partition coefficient (Wildman–Crippen LogP) is 3.47. The average molecular weight is 514 g/mol. The Kier molecular flexibility index (Phi) is 13.4. The maximum absolute atomic E-state index is 13.1. The first-order valence-electron chi connectivity index (χ1n) is 12.0. The van der Waals surface area contributed by atoms with Crippen molar-refractivity contribution in [3.63, 3.8) is 0 Å². The molecule has 0 saturated heterocycles. The zero-order chi connectivity index (χ0) is 27.3. The van der Waals surface area contributed by atoms with Gasteiger partial charge in [0.15, 0.2) is 0 Å². The molecule has 36 heavy (non-hydrogen) atoms. The highest BCUT2D eigenvalue weighted by Crippen LogP contribution is 2.13. The monoisotopic (exact) mass is 513 g/mol. The number of ether oxygens (including phenoxy) is 1. The van der Waals surface area contributed by atoms with E-state index in [1.165, 1.54) is 0 Å². The Morgan fingerprint density at radius 1 is 0.944 bits per heavy atom. The Labute approximate surface area is 210 Å². The molecule has 202 valence electrons. The highest BCUT2D eigenvalue weighted by atomic mass is 19.3. The molecule has 3 amide bonds. The van der Waals surface area contributed by atoms with E-state index in [1.54, 1.807) is 31.2 Å². The number of hydrogen-bond donors (Lipinski definition) is 4. The number of alkyl halides is 2. The summed E-state index contributed by atoms with van der Waals surface area (Å²) in [7, 11) is 0. The van der Waals surface area contributed by atoms with E-state index in [2.05, 4.69) is 16.0 Å². The SMILES string of the molecule is CC[C@H](C)[C@H](NC(=O)OCc1ccccc1)C(=O)N[C@@H](CC(C)C)C(=O)N[C@H](CC(=O)O)CC(F)F. The van der Waals surface area contributed by atoms with E-state index in [4.69, 9.17) is 9.84 Å². The van der Waals surface area contributed by atoms with Gasteiger partial charge in [0.25, 0.3) is 0 Å². The molecule has 0 heterocycles. The summed E-state index contributed by atoms with van der Waals surface area (Å²) < 4.78 is 30.9. The van der Waals surface area contributed by atoms with Gasteiger partial charge in [-0.25, -0.2) is 13.6 Å². The van der Waals surface area contributed by atoms with Crippen molar-refractivity contribution in [2.45, 2.75) is 84.5 Å². The molecule has 0 spiro atoms. The van der Waals surface area contributed by atoms with E-state index < -0.39 is 61.3 Å². The van der Waals surface area contributed by atoms with Crippen LogP contribution in [0.25, 0.3) is 0 Å². The number of halogens is 2. The van der Waals surface area contributed by atoms with Crippen LogP contribution in [0, 0.1) is 11.8 Å². The van der Waals surface area contributed by atoms with Crippen LogP contribution in [0.4, 0.5) is 13.6 Å². The summed E-state index contributed by atoms with van der Waals surface area (Å²) in [6.45, 7) is 7.22. The number of rotatable bonds is 15. The number of carbonyl (C=O) groups is 4. The first kappa shape index (κ1) is 30.8. The Morgan fingerprint density at radius 2 is 1.58 bits per heavy atom. The average Bonchev–Trinajstić information content (AvgIpc) is 2.79. The van der Waals surface area contributed by atoms with E-state index in [1.807, 2.05) is 26.8 Å². The van der Waals surface area contributed by atoms with Crippen LogP contribution in [-0.4, -0.2) is 53.5 Å². The Hall–Kier alpha value is -3.24. The van der Waals surface area contributed by atoms with Crippen molar-refractivity contribution in [1.82, 2.24) is 16.0 Å². The fourth-order valence-electron chi connectivity index (χ4n) is 3.48. The number of aliphatic carboxylic acids is 1. The second-order valence-electron chi connectivity index (χ2n) is 9.19. The van der Waals surface area contributed by atoms with Crippen molar-refractivity contribution in [1.29, 1.82) is 0 Å². The third kappa shape index (κ3) is 11.9. The van der Waals surface area contributed by atoms with Gasteiger partial charge in [-0.1, -0.05) is 64.4 Å². The van der Waals surface area contributed by atoms with E-state index in [0.29, 0.717) is 6.42 Å².